The second kappa shape index (κ2) is 6.04. The fraction of sp³-hybridized carbons (Fsp3) is 0.333. The summed E-state index contributed by atoms with van der Waals surface area (Å²) in [5, 5.41) is 6.95. The molecule has 0 radical (unpaired) electrons. The molecule has 1 saturated heterocycles. The van der Waals surface area contributed by atoms with Crippen molar-refractivity contribution in [1.82, 2.24) is 19.6 Å². The molecular formula is C21H21N5O3. The summed E-state index contributed by atoms with van der Waals surface area (Å²) in [5.41, 5.74) is 1.82. The van der Waals surface area contributed by atoms with Crippen molar-refractivity contribution in [3.8, 4) is 0 Å². The number of amides is 2. The van der Waals surface area contributed by atoms with Crippen molar-refractivity contribution in [2.24, 2.45) is 7.05 Å². The Morgan fingerprint density at radius 1 is 1.31 bits per heavy atom. The third kappa shape index (κ3) is 2.25. The number of imidazole rings is 1. The van der Waals surface area contributed by atoms with Gasteiger partial charge in [-0.25, -0.2) is 4.98 Å². The number of hydrogen-bond donors (Lipinski definition) is 1. The first kappa shape index (κ1) is 17.7. The molecule has 8 nitrogen and oxygen atoms in total. The zero-order valence-electron chi connectivity index (χ0n) is 16.5. The average molecular weight is 391 g/mol. The van der Waals surface area contributed by atoms with Gasteiger partial charge in [0.1, 0.15) is 28.6 Å². The SMILES string of the molecule is Cc1noc(C)c1C(=O)N1CC[C@]2(C(=O)Nc3ccccc32)[C@@H]1c1nccn1C. The number of aromatic nitrogens is 3. The van der Waals surface area contributed by atoms with E-state index in [9.17, 15) is 9.59 Å². The normalized spacial score (nSPS) is 22.9. The first-order valence-corrected chi connectivity index (χ1v) is 9.57. The van der Waals surface area contributed by atoms with Crippen LogP contribution in [-0.4, -0.2) is 38.0 Å². The zero-order valence-corrected chi connectivity index (χ0v) is 16.5. The van der Waals surface area contributed by atoms with Crippen LogP contribution in [-0.2, 0) is 17.3 Å². The molecule has 1 aromatic carbocycles. The van der Waals surface area contributed by atoms with Crippen LogP contribution in [0.2, 0.25) is 0 Å². The molecule has 0 bridgehead atoms. The van der Waals surface area contributed by atoms with Gasteiger partial charge in [-0.2, -0.15) is 0 Å². The van der Waals surface area contributed by atoms with Crippen molar-refractivity contribution in [2.75, 3.05) is 11.9 Å². The predicted molar refractivity (Wildman–Crippen MR) is 104 cm³/mol. The number of hydrogen-bond acceptors (Lipinski definition) is 5. The third-order valence-electron chi connectivity index (χ3n) is 6.20. The van der Waals surface area contributed by atoms with Gasteiger partial charge in [-0.1, -0.05) is 23.4 Å². The second-order valence-corrected chi connectivity index (χ2v) is 7.72. The summed E-state index contributed by atoms with van der Waals surface area (Å²) in [4.78, 5) is 33.2. The first-order chi connectivity index (χ1) is 13.9. The third-order valence-corrected chi connectivity index (χ3v) is 6.20. The number of fused-ring (bicyclic) bond motifs is 2. The maximum atomic E-state index is 13.6. The molecule has 1 N–H and O–H groups in total. The summed E-state index contributed by atoms with van der Waals surface area (Å²) in [6.45, 7) is 3.91. The van der Waals surface area contributed by atoms with Crippen LogP contribution in [0.5, 0.6) is 0 Å². The van der Waals surface area contributed by atoms with E-state index < -0.39 is 11.5 Å². The molecule has 2 aliphatic heterocycles. The molecular weight excluding hydrogens is 370 g/mol. The summed E-state index contributed by atoms with van der Waals surface area (Å²) in [6.07, 6.45) is 4.04. The minimum Gasteiger partial charge on any atom is -0.361 e. The Labute approximate surface area is 167 Å². The van der Waals surface area contributed by atoms with E-state index in [1.165, 1.54) is 0 Å². The topological polar surface area (TPSA) is 93.3 Å². The summed E-state index contributed by atoms with van der Waals surface area (Å²) >= 11 is 0. The molecule has 2 aliphatic rings. The minimum absolute atomic E-state index is 0.0965. The molecule has 5 rings (SSSR count). The second-order valence-electron chi connectivity index (χ2n) is 7.72. The van der Waals surface area contributed by atoms with Gasteiger partial charge in [0.25, 0.3) is 5.91 Å². The van der Waals surface area contributed by atoms with Crippen LogP contribution in [0.15, 0.2) is 41.2 Å². The highest BCUT2D eigenvalue weighted by Crippen LogP contribution is 2.54. The monoisotopic (exact) mass is 391 g/mol. The number of aryl methyl sites for hydroxylation is 3. The lowest BCUT2D eigenvalue weighted by Crippen LogP contribution is -2.44. The van der Waals surface area contributed by atoms with Crippen molar-refractivity contribution in [3.05, 3.63) is 65.1 Å². The van der Waals surface area contributed by atoms with Gasteiger partial charge in [-0.15, -0.1) is 0 Å². The standard InChI is InChI=1S/C21H21N5O3/c1-12-16(13(2)29-24-12)19(27)26-10-8-21(17(26)18-22-9-11-25(18)3)14-6-4-5-7-15(14)23-20(21)28/h4-7,9,11,17H,8,10H2,1-3H3,(H,23,28)/t17-,21+/m0/s1. The van der Waals surface area contributed by atoms with Gasteiger partial charge in [0.15, 0.2) is 0 Å². The van der Waals surface area contributed by atoms with E-state index in [4.69, 9.17) is 4.52 Å². The Kier molecular flexibility index (Phi) is 3.68. The van der Waals surface area contributed by atoms with Gasteiger partial charge in [0, 0.05) is 31.7 Å². The van der Waals surface area contributed by atoms with E-state index >= 15 is 0 Å². The molecule has 4 heterocycles. The molecule has 0 saturated carbocycles. The summed E-state index contributed by atoms with van der Waals surface area (Å²) in [5.74, 6) is 0.863. The van der Waals surface area contributed by atoms with Crippen molar-refractivity contribution in [1.29, 1.82) is 0 Å². The Bertz CT molecular complexity index is 1130. The molecule has 8 heteroatoms. The quantitative estimate of drug-likeness (QED) is 0.724. The van der Waals surface area contributed by atoms with Crippen LogP contribution in [0.25, 0.3) is 0 Å². The number of para-hydroxylation sites is 1. The van der Waals surface area contributed by atoms with Crippen LogP contribution in [0.1, 0.15) is 45.7 Å². The van der Waals surface area contributed by atoms with E-state index in [0.29, 0.717) is 35.8 Å². The molecule has 148 valence electrons. The fourth-order valence-electron chi connectivity index (χ4n) is 4.84. The summed E-state index contributed by atoms with van der Waals surface area (Å²) in [7, 11) is 1.88. The Hall–Kier alpha value is -3.42. The summed E-state index contributed by atoms with van der Waals surface area (Å²) in [6, 6.07) is 7.15. The molecule has 2 atom stereocenters. The van der Waals surface area contributed by atoms with Gasteiger partial charge >= 0.3 is 0 Å². The molecule has 0 unspecified atom stereocenters. The number of benzene rings is 1. The average Bonchev–Trinajstić information content (AvgIpc) is 3.44. The Balaban J connectivity index is 1.70. The molecule has 1 fully saturated rings. The lowest BCUT2D eigenvalue weighted by molar-refractivity contribution is -0.121. The Morgan fingerprint density at radius 3 is 2.79 bits per heavy atom. The zero-order chi connectivity index (χ0) is 20.3. The molecule has 1 spiro atoms. The van der Waals surface area contributed by atoms with E-state index in [-0.39, 0.29) is 11.8 Å². The van der Waals surface area contributed by atoms with E-state index in [1.807, 2.05) is 42.1 Å². The maximum Gasteiger partial charge on any atom is 0.260 e. The first-order valence-electron chi connectivity index (χ1n) is 9.57. The smallest absolute Gasteiger partial charge is 0.260 e. The van der Waals surface area contributed by atoms with Gasteiger partial charge in [0.2, 0.25) is 5.91 Å². The van der Waals surface area contributed by atoms with Gasteiger partial charge in [-0.3, -0.25) is 9.59 Å². The van der Waals surface area contributed by atoms with Crippen molar-refractivity contribution >= 4 is 17.5 Å². The lowest BCUT2D eigenvalue weighted by atomic mass is 9.74. The van der Waals surface area contributed by atoms with E-state index in [0.717, 1.165) is 11.3 Å². The highest BCUT2D eigenvalue weighted by Gasteiger charge is 2.60. The molecule has 2 aromatic heterocycles. The maximum absolute atomic E-state index is 13.6. The summed E-state index contributed by atoms with van der Waals surface area (Å²) < 4.78 is 7.10. The van der Waals surface area contributed by atoms with Crippen LogP contribution in [0.4, 0.5) is 5.69 Å². The largest absolute Gasteiger partial charge is 0.361 e. The van der Waals surface area contributed by atoms with Crippen LogP contribution in [0.3, 0.4) is 0 Å². The highest BCUT2D eigenvalue weighted by molar-refractivity contribution is 6.08. The predicted octanol–water partition coefficient (Wildman–Crippen LogP) is 2.50. The van der Waals surface area contributed by atoms with Gasteiger partial charge < -0.3 is 19.3 Å². The fourth-order valence-corrected chi connectivity index (χ4v) is 4.84. The minimum atomic E-state index is -0.885. The molecule has 0 aliphatic carbocycles. The number of carbonyl (C=O) groups excluding carboxylic acids is 2. The number of nitrogens with zero attached hydrogens (tertiary/aromatic N) is 4. The highest BCUT2D eigenvalue weighted by atomic mass is 16.5. The van der Waals surface area contributed by atoms with Gasteiger partial charge in [0.05, 0.1) is 5.69 Å². The van der Waals surface area contributed by atoms with Crippen molar-refractivity contribution in [2.45, 2.75) is 31.7 Å². The molecule has 29 heavy (non-hydrogen) atoms. The number of carbonyl (C=O) groups is 2. The van der Waals surface area contributed by atoms with E-state index in [1.54, 1.807) is 24.9 Å². The van der Waals surface area contributed by atoms with Crippen LogP contribution < -0.4 is 5.32 Å². The number of rotatable bonds is 2. The lowest BCUT2D eigenvalue weighted by Gasteiger charge is -2.33. The Morgan fingerprint density at radius 2 is 2.10 bits per heavy atom. The van der Waals surface area contributed by atoms with Crippen molar-refractivity contribution < 1.29 is 14.1 Å². The number of nitrogens with one attached hydrogen (secondary N) is 1. The number of likely N-dealkylation sites (tertiary alicyclic amines) is 1. The molecule has 2 amide bonds. The van der Waals surface area contributed by atoms with Crippen LogP contribution >= 0.6 is 0 Å². The number of anilines is 1. The van der Waals surface area contributed by atoms with E-state index in [2.05, 4.69) is 15.5 Å². The molecule has 3 aromatic rings. The van der Waals surface area contributed by atoms with Crippen molar-refractivity contribution in [3.63, 3.8) is 0 Å². The van der Waals surface area contributed by atoms with Crippen LogP contribution in [0, 0.1) is 13.8 Å². The van der Waals surface area contributed by atoms with Gasteiger partial charge in [-0.05, 0) is 31.9 Å².